The maximum Gasteiger partial charge on any atom is 0.163 e. The van der Waals surface area contributed by atoms with Crippen molar-refractivity contribution >= 4 is 28.8 Å². The third-order valence-electron chi connectivity index (χ3n) is 2.46. The van der Waals surface area contributed by atoms with Crippen molar-refractivity contribution in [1.29, 1.82) is 0 Å². The van der Waals surface area contributed by atoms with Gasteiger partial charge in [-0.15, -0.1) is 0 Å². The van der Waals surface area contributed by atoms with Crippen LogP contribution in [0.3, 0.4) is 0 Å². The van der Waals surface area contributed by atoms with Gasteiger partial charge in [-0.05, 0) is 26.0 Å². The van der Waals surface area contributed by atoms with E-state index in [1.165, 1.54) is 0 Å². The summed E-state index contributed by atoms with van der Waals surface area (Å²) in [6.45, 7) is 3.72. The molecule has 17 heavy (non-hydrogen) atoms. The molecule has 88 valence electrons. The number of rotatable bonds is 2. The highest BCUT2D eigenvalue weighted by atomic mass is 35.5. The smallest absolute Gasteiger partial charge is 0.163 e. The zero-order valence-corrected chi connectivity index (χ0v) is 11.0. The molecule has 0 saturated heterocycles. The van der Waals surface area contributed by atoms with E-state index in [4.69, 9.17) is 29.6 Å². The van der Waals surface area contributed by atoms with Crippen LogP contribution in [-0.2, 0) is 0 Å². The number of hydrogen-bond acceptors (Lipinski definition) is 3. The molecule has 2 aromatic heterocycles. The van der Waals surface area contributed by atoms with Gasteiger partial charge in [0.1, 0.15) is 4.99 Å². The molecule has 0 radical (unpaired) electrons. The first kappa shape index (κ1) is 12.0. The average molecular weight is 267 g/mol. The zero-order valence-electron chi connectivity index (χ0n) is 9.44. The number of aromatic nitrogens is 3. The van der Waals surface area contributed by atoms with Crippen LogP contribution in [0.1, 0.15) is 17.0 Å². The van der Waals surface area contributed by atoms with Crippen LogP contribution in [0.2, 0.25) is 5.02 Å². The van der Waals surface area contributed by atoms with Gasteiger partial charge in [-0.3, -0.25) is 0 Å². The molecule has 0 atom stereocenters. The Morgan fingerprint density at radius 2 is 2.18 bits per heavy atom. The van der Waals surface area contributed by atoms with Gasteiger partial charge >= 0.3 is 0 Å². The fourth-order valence-corrected chi connectivity index (χ4v) is 1.87. The van der Waals surface area contributed by atoms with Crippen LogP contribution in [0.25, 0.3) is 5.82 Å². The lowest BCUT2D eigenvalue weighted by molar-refractivity contribution is 0.804. The molecule has 0 bridgehead atoms. The lowest BCUT2D eigenvalue weighted by atomic mass is 10.2. The van der Waals surface area contributed by atoms with Gasteiger partial charge in [-0.1, -0.05) is 23.8 Å². The molecule has 0 aliphatic rings. The fourth-order valence-electron chi connectivity index (χ4n) is 1.59. The molecular formula is C11H11ClN4S. The summed E-state index contributed by atoms with van der Waals surface area (Å²) in [6.07, 6.45) is 1.67. The van der Waals surface area contributed by atoms with Crippen LogP contribution in [0, 0.1) is 13.8 Å². The molecule has 0 fully saturated rings. The summed E-state index contributed by atoms with van der Waals surface area (Å²) < 4.78 is 1.66. The second-order valence-corrected chi connectivity index (χ2v) is 4.45. The van der Waals surface area contributed by atoms with E-state index in [1.807, 2.05) is 19.9 Å². The highest BCUT2D eigenvalue weighted by molar-refractivity contribution is 7.80. The number of nitrogens with two attached hydrogens (primary N) is 1. The summed E-state index contributed by atoms with van der Waals surface area (Å²) in [5.74, 6) is 0.604. The van der Waals surface area contributed by atoms with Gasteiger partial charge in [0, 0.05) is 6.20 Å². The van der Waals surface area contributed by atoms with Crippen molar-refractivity contribution in [3.63, 3.8) is 0 Å². The van der Waals surface area contributed by atoms with E-state index in [9.17, 15) is 0 Å². The quantitative estimate of drug-likeness (QED) is 0.847. The molecular weight excluding hydrogens is 256 g/mol. The second-order valence-electron chi connectivity index (χ2n) is 3.64. The third kappa shape index (κ3) is 2.03. The standard InChI is InChI=1S/C11H11ClN4S/c1-6-9(12)7(2)16(15-6)11-8(10(13)17)4-3-5-14-11/h3-5H,1-2H3,(H2,13,17). The van der Waals surface area contributed by atoms with Crippen LogP contribution < -0.4 is 5.73 Å². The largest absolute Gasteiger partial charge is 0.389 e. The Bertz CT molecular complexity index is 591. The molecule has 0 aliphatic carbocycles. The molecule has 0 aliphatic heterocycles. The van der Waals surface area contributed by atoms with Gasteiger partial charge in [0.15, 0.2) is 5.82 Å². The van der Waals surface area contributed by atoms with Gasteiger partial charge in [0.2, 0.25) is 0 Å². The van der Waals surface area contributed by atoms with Crippen LogP contribution in [0.5, 0.6) is 0 Å². The monoisotopic (exact) mass is 266 g/mol. The first-order valence-electron chi connectivity index (χ1n) is 4.99. The van der Waals surface area contributed by atoms with Crippen LogP contribution in [0.4, 0.5) is 0 Å². The molecule has 4 nitrogen and oxygen atoms in total. The molecule has 2 rings (SSSR count). The Hall–Kier alpha value is -1.46. The van der Waals surface area contributed by atoms with Gasteiger partial charge in [-0.2, -0.15) is 5.10 Å². The van der Waals surface area contributed by atoms with Crippen molar-refractivity contribution in [2.24, 2.45) is 5.73 Å². The maximum atomic E-state index is 6.10. The minimum absolute atomic E-state index is 0.289. The first-order chi connectivity index (χ1) is 8.02. The summed E-state index contributed by atoms with van der Waals surface area (Å²) in [4.78, 5) is 4.55. The summed E-state index contributed by atoms with van der Waals surface area (Å²) in [5.41, 5.74) is 7.92. The highest BCUT2D eigenvalue weighted by Crippen LogP contribution is 2.22. The van der Waals surface area contributed by atoms with Crippen molar-refractivity contribution < 1.29 is 0 Å². The van der Waals surface area contributed by atoms with Crippen LogP contribution >= 0.6 is 23.8 Å². The average Bonchev–Trinajstić information content (AvgIpc) is 2.57. The Labute approximate surface area is 109 Å². The SMILES string of the molecule is Cc1nn(-c2ncccc2C(N)=S)c(C)c1Cl. The minimum atomic E-state index is 0.289. The van der Waals surface area contributed by atoms with Gasteiger partial charge in [-0.25, -0.2) is 9.67 Å². The zero-order chi connectivity index (χ0) is 12.6. The van der Waals surface area contributed by atoms with E-state index < -0.39 is 0 Å². The van der Waals surface area contributed by atoms with Gasteiger partial charge < -0.3 is 5.73 Å². The van der Waals surface area contributed by atoms with E-state index in [1.54, 1.807) is 16.9 Å². The van der Waals surface area contributed by atoms with Crippen molar-refractivity contribution in [2.45, 2.75) is 13.8 Å². The molecule has 0 unspecified atom stereocenters. The number of pyridine rings is 1. The Morgan fingerprint density at radius 1 is 1.47 bits per heavy atom. The van der Waals surface area contributed by atoms with E-state index in [-0.39, 0.29) is 4.99 Å². The molecule has 0 aromatic carbocycles. The molecule has 2 aromatic rings. The van der Waals surface area contributed by atoms with Gasteiger partial charge in [0.05, 0.1) is 22.0 Å². The highest BCUT2D eigenvalue weighted by Gasteiger charge is 2.15. The Balaban J connectivity index is 2.68. The Morgan fingerprint density at radius 3 is 2.71 bits per heavy atom. The molecule has 0 saturated carbocycles. The predicted molar refractivity (Wildman–Crippen MR) is 71.7 cm³/mol. The normalized spacial score (nSPS) is 10.5. The van der Waals surface area contributed by atoms with Crippen molar-refractivity contribution in [3.05, 3.63) is 40.3 Å². The van der Waals surface area contributed by atoms with E-state index in [0.717, 1.165) is 11.4 Å². The molecule has 2 N–H and O–H groups in total. The lowest BCUT2D eigenvalue weighted by Gasteiger charge is -2.08. The minimum Gasteiger partial charge on any atom is -0.389 e. The van der Waals surface area contributed by atoms with Crippen LogP contribution in [0.15, 0.2) is 18.3 Å². The third-order valence-corrected chi connectivity index (χ3v) is 3.22. The van der Waals surface area contributed by atoms with Crippen LogP contribution in [-0.4, -0.2) is 19.8 Å². The van der Waals surface area contributed by atoms with Gasteiger partial charge in [0.25, 0.3) is 0 Å². The van der Waals surface area contributed by atoms with Crippen molar-refractivity contribution in [2.75, 3.05) is 0 Å². The Kier molecular flexibility index (Phi) is 3.13. The van der Waals surface area contributed by atoms with Crippen molar-refractivity contribution in [1.82, 2.24) is 14.8 Å². The van der Waals surface area contributed by atoms with E-state index in [2.05, 4.69) is 10.1 Å². The summed E-state index contributed by atoms with van der Waals surface area (Å²) in [5, 5.41) is 4.96. The molecule has 2 heterocycles. The summed E-state index contributed by atoms with van der Waals surface area (Å²) >= 11 is 11.1. The summed E-state index contributed by atoms with van der Waals surface area (Å²) in [7, 11) is 0. The molecule has 6 heteroatoms. The first-order valence-corrected chi connectivity index (χ1v) is 5.78. The predicted octanol–water partition coefficient (Wildman–Crippen LogP) is 2.17. The number of thiocarbonyl (C=S) groups is 1. The molecule has 0 spiro atoms. The van der Waals surface area contributed by atoms with E-state index >= 15 is 0 Å². The number of aryl methyl sites for hydroxylation is 1. The molecule has 0 amide bonds. The van der Waals surface area contributed by atoms with Crippen molar-refractivity contribution in [3.8, 4) is 5.82 Å². The number of nitrogens with zero attached hydrogens (tertiary/aromatic N) is 3. The fraction of sp³-hybridized carbons (Fsp3) is 0.182. The second kappa shape index (κ2) is 4.43. The van der Waals surface area contributed by atoms with E-state index in [0.29, 0.717) is 16.4 Å². The lowest BCUT2D eigenvalue weighted by Crippen LogP contribution is -2.15. The maximum absolute atomic E-state index is 6.10. The summed E-state index contributed by atoms with van der Waals surface area (Å²) in [6, 6.07) is 3.60. The number of halogens is 1. The number of hydrogen-bond donors (Lipinski definition) is 1. The topological polar surface area (TPSA) is 56.7 Å².